The van der Waals surface area contributed by atoms with Crippen molar-refractivity contribution in [3.05, 3.63) is 131 Å². The smallest absolute Gasteiger partial charge is 0.264 e. The average molecular weight is 469 g/mol. The predicted molar refractivity (Wildman–Crippen MR) is 133 cm³/mol. The summed E-state index contributed by atoms with van der Waals surface area (Å²) in [4.78, 5) is 13.5. The van der Waals surface area contributed by atoms with Crippen LogP contribution in [0.4, 0.5) is 5.69 Å². The number of nitrogens with one attached hydrogen (secondary N) is 1. The normalized spacial score (nSPS) is 13.0. The minimum atomic E-state index is -3.64. The first-order chi connectivity index (χ1) is 16.5. The lowest BCUT2D eigenvalue weighted by atomic mass is 9.98. The molecule has 0 unspecified atom stereocenters. The zero-order valence-corrected chi connectivity index (χ0v) is 19.3. The molecule has 170 valence electrons. The second-order valence-electron chi connectivity index (χ2n) is 8.21. The molecule has 0 saturated heterocycles. The van der Waals surface area contributed by atoms with Crippen LogP contribution in [-0.2, 0) is 16.4 Å². The Bertz CT molecular complexity index is 1370. The molecule has 0 radical (unpaired) electrons. The number of anilines is 1. The zero-order valence-electron chi connectivity index (χ0n) is 18.5. The highest BCUT2D eigenvalue weighted by atomic mass is 32.2. The second-order valence-corrected chi connectivity index (χ2v) is 10.1. The molecular weight excluding hydrogens is 444 g/mol. The van der Waals surface area contributed by atoms with Gasteiger partial charge in [-0.1, -0.05) is 78.9 Å². The lowest BCUT2D eigenvalue weighted by Gasteiger charge is -2.21. The highest BCUT2D eigenvalue weighted by Gasteiger charge is 2.31. The van der Waals surface area contributed by atoms with Gasteiger partial charge in [0.1, 0.15) is 0 Å². The highest BCUT2D eigenvalue weighted by Crippen LogP contribution is 2.34. The summed E-state index contributed by atoms with van der Waals surface area (Å²) in [5, 5.41) is 3.15. The molecule has 5 rings (SSSR count). The fraction of sp³-hybridized carbons (Fsp3) is 0.107. The Labute approximate surface area is 199 Å². The van der Waals surface area contributed by atoms with Gasteiger partial charge < -0.3 is 5.32 Å². The lowest BCUT2D eigenvalue weighted by molar-refractivity contribution is 0.0943. The van der Waals surface area contributed by atoms with Gasteiger partial charge in [-0.2, -0.15) is 0 Å². The van der Waals surface area contributed by atoms with Gasteiger partial charge >= 0.3 is 0 Å². The first-order valence-electron chi connectivity index (χ1n) is 11.2. The van der Waals surface area contributed by atoms with E-state index in [2.05, 4.69) is 5.32 Å². The molecule has 0 spiro atoms. The van der Waals surface area contributed by atoms with Crippen molar-refractivity contribution >= 4 is 21.6 Å². The quantitative estimate of drug-likeness (QED) is 0.435. The van der Waals surface area contributed by atoms with Gasteiger partial charge in [-0.3, -0.25) is 9.10 Å². The van der Waals surface area contributed by atoms with Gasteiger partial charge in [0.2, 0.25) is 0 Å². The van der Waals surface area contributed by atoms with Gasteiger partial charge in [0.05, 0.1) is 16.6 Å². The number of rotatable bonds is 6. The second kappa shape index (κ2) is 9.15. The number of amides is 1. The van der Waals surface area contributed by atoms with E-state index in [1.54, 1.807) is 48.5 Å². The minimum Gasteiger partial charge on any atom is -0.341 e. The number of hydrogen-bond acceptors (Lipinski definition) is 3. The number of carbonyl (C=O) groups excluding carboxylic acids is 1. The summed E-state index contributed by atoms with van der Waals surface area (Å²) in [7, 11) is -3.64. The third-order valence-electron chi connectivity index (χ3n) is 6.07. The Kier molecular flexibility index (Phi) is 5.90. The number of hydrogen-bond donors (Lipinski definition) is 1. The van der Waals surface area contributed by atoms with Crippen LogP contribution in [0.3, 0.4) is 0 Å². The molecule has 1 aliphatic rings. The maximum absolute atomic E-state index is 13.3. The molecule has 0 bridgehead atoms. The Morgan fingerprint density at radius 2 is 1.32 bits per heavy atom. The van der Waals surface area contributed by atoms with E-state index in [9.17, 15) is 13.2 Å². The van der Waals surface area contributed by atoms with Crippen LogP contribution >= 0.6 is 0 Å². The Morgan fingerprint density at radius 1 is 0.765 bits per heavy atom. The van der Waals surface area contributed by atoms with Crippen molar-refractivity contribution in [2.24, 2.45) is 0 Å². The fourth-order valence-electron chi connectivity index (χ4n) is 4.35. The minimum absolute atomic E-state index is 0.204. The van der Waals surface area contributed by atoms with Crippen molar-refractivity contribution in [3.63, 3.8) is 0 Å². The van der Waals surface area contributed by atoms with E-state index in [-0.39, 0.29) is 16.8 Å². The molecule has 6 heteroatoms. The molecule has 1 heterocycles. The Morgan fingerprint density at radius 3 is 1.91 bits per heavy atom. The average Bonchev–Trinajstić information content (AvgIpc) is 3.33. The number of benzene rings is 4. The summed E-state index contributed by atoms with van der Waals surface area (Å²) < 4.78 is 27.7. The molecule has 1 N–H and O–H groups in total. The summed E-state index contributed by atoms with van der Waals surface area (Å²) >= 11 is 0. The third-order valence-corrected chi connectivity index (χ3v) is 7.89. The maximum atomic E-state index is 13.3. The molecular formula is C28H24N2O3S. The van der Waals surface area contributed by atoms with Crippen LogP contribution in [-0.4, -0.2) is 20.9 Å². The topological polar surface area (TPSA) is 66.5 Å². The van der Waals surface area contributed by atoms with Crippen LogP contribution < -0.4 is 9.62 Å². The molecule has 5 nitrogen and oxygen atoms in total. The summed E-state index contributed by atoms with van der Waals surface area (Å²) in [6.07, 6.45) is 0.559. The molecule has 34 heavy (non-hydrogen) atoms. The summed E-state index contributed by atoms with van der Waals surface area (Å²) in [6.45, 7) is 0.355. The highest BCUT2D eigenvalue weighted by molar-refractivity contribution is 7.92. The molecule has 4 aromatic rings. The standard InChI is InChI=1S/C28H24N2O3S/c31-28(29-27(21-10-4-1-5-11-21)22-12-6-2-7-13-22)24-16-17-26-23(20-24)18-19-30(26)34(32,33)25-14-8-3-9-15-25/h1-17,20,27H,18-19H2,(H,29,31). The maximum Gasteiger partial charge on any atom is 0.264 e. The molecule has 0 saturated carbocycles. The van der Waals surface area contributed by atoms with Crippen molar-refractivity contribution in [1.29, 1.82) is 0 Å². The van der Waals surface area contributed by atoms with Crippen molar-refractivity contribution in [2.45, 2.75) is 17.4 Å². The SMILES string of the molecule is O=C(NC(c1ccccc1)c1ccccc1)c1ccc2c(c1)CCN2S(=O)(=O)c1ccccc1. The monoisotopic (exact) mass is 468 g/mol. The summed E-state index contributed by atoms with van der Waals surface area (Å²) in [5.41, 5.74) is 3.97. The van der Waals surface area contributed by atoms with Crippen LogP contribution in [0.15, 0.2) is 114 Å². The Hall–Kier alpha value is -3.90. The van der Waals surface area contributed by atoms with Gasteiger partial charge in [0.25, 0.3) is 15.9 Å². The predicted octanol–water partition coefficient (Wildman–Crippen LogP) is 4.96. The van der Waals surface area contributed by atoms with Crippen molar-refractivity contribution in [2.75, 3.05) is 10.8 Å². The van der Waals surface area contributed by atoms with E-state index >= 15 is 0 Å². The van der Waals surface area contributed by atoms with E-state index in [0.717, 1.165) is 16.7 Å². The number of sulfonamides is 1. The first-order valence-corrected chi connectivity index (χ1v) is 12.6. The van der Waals surface area contributed by atoms with Crippen molar-refractivity contribution in [3.8, 4) is 0 Å². The molecule has 4 aromatic carbocycles. The molecule has 0 fully saturated rings. The van der Waals surface area contributed by atoms with Gasteiger partial charge in [-0.15, -0.1) is 0 Å². The molecule has 1 aliphatic heterocycles. The van der Waals surface area contributed by atoms with E-state index in [1.165, 1.54) is 4.31 Å². The number of nitrogens with zero attached hydrogens (tertiary/aromatic N) is 1. The molecule has 1 amide bonds. The van der Waals surface area contributed by atoms with E-state index < -0.39 is 10.0 Å². The Balaban J connectivity index is 1.42. The van der Waals surface area contributed by atoms with Crippen LogP contribution in [0.5, 0.6) is 0 Å². The number of carbonyl (C=O) groups is 1. The van der Waals surface area contributed by atoms with E-state index in [0.29, 0.717) is 24.2 Å². The van der Waals surface area contributed by atoms with Gasteiger partial charge in [-0.25, -0.2) is 8.42 Å². The zero-order chi connectivity index (χ0) is 23.5. The molecule has 0 atom stereocenters. The molecule has 0 aliphatic carbocycles. The summed E-state index contributed by atoms with van der Waals surface area (Å²) in [6, 6.07) is 33.0. The van der Waals surface area contributed by atoms with Crippen molar-refractivity contribution in [1.82, 2.24) is 5.32 Å². The third kappa shape index (κ3) is 4.20. The van der Waals surface area contributed by atoms with Crippen LogP contribution in [0, 0.1) is 0 Å². The van der Waals surface area contributed by atoms with Crippen LogP contribution in [0.1, 0.15) is 33.1 Å². The van der Waals surface area contributed by atoms with E-state index in [4.69, 9.17) is 0 Å². The van der Waals surface area contributed by atoms with Gasteiger partial charge in [0.15, 0.2) is 0 Å². The number of fused-ring (bicyclic) bond motifs is 1. The van der Waals surface area contributed by atoms with Gasteiger partial charge in [0, 0.05) is 12.1 Å². The van der Waals surface area contributed by atoms with Crippen LogP contribution in [0.2, 0.25) is 0 Å². The first kappa shape index (κ1) is 21.9. The summed E-state index contributed by atoms with van der Waals surface area (Å²) in [5.74, 6) is -0.204. The van der Waals surface area contributed by atoms with Crippen LogP contribution in [0.25, 0.3) is 0 Å². The largest absolute Gasteiger partial charge is 0.341 e. The molecule has 0 aromatic heterocycles. The van der Waals surface area contributed by atoms with Gasteiger partial charge in [-0.05, 0) is 53.4 Å². The lowest BCUT2D eigenvalue weighted by Crippen LogP contribution is -2.30. The fourth-order valence-corrected chi connectivity index (χ4v) is 5.87. The van der Waals surface area contributed by atoms with Crippen molar-refractivity contribution < 1.29 is 13.2 Å². The van der Waals surface area contributed by atoms with E-state index in [1.807, 2.05) is 60.7 Å².